The Kier molecular flexibility index (Phi) is 6.10. The summed E-state index contributed by atoms with van der Waals surface area (Å²) in [7, 11) is 0. The molecule has 6 N–H and O–H groups in total. The molecule has 1 aromatic rings. The van der Waals surface area contributed by atoms with Crippen LogP contribution in [0.25, 0.3) is 0 Å². The monoisotopic (exact) mass is 240 g/mol. The molecule has 3 atom stereocenters. The molecule has 1 aromatic carbocycles. The first kappa shape index (κ1) is 14.1. The first-order chi connectivity index (χ1) is 8.13. The van der Waals surface area contributed by atoms with Crippen LogP contribution in [0.15, 0.2) is 30.3 Å². The van der Waals surface area contributed by atoms with Gasteiger partial charge in [0.25, 0.3) is 0 Å². The van der Waals surface area contributed by atoms with Crippen LogP contribution in [0.5, 0.6) is 0 Å². The highest BCUT2D eigenvalue weighted by molar-refractivity contribution is 5.13. The smallest absolute Gasteiger partial charge is 0.155 e. The van der Waals surface area contributed by atoms with E-state index in [0.717, 1.165) is 5.56 Å². The Hall–Kier alpha value is -0.980. The van der Waals surface area contributed by atoms with E-state index >= 15 is 0 Å². The maximum absolute atomic E-state index is 9.62. The van der Waals surface area contributed by atoms with Crippen molar-refractivity contribution < 1.29 is 14.9 Å². The second-order valence-electron chi connectivity index (χ2n) is 3.97. The van der Waals surface area contributed by atoms with Gasteiger partial charge in [0.1, 0.15) is 6.23 Å². The van der Waals surface area contributed by atoms with Crippen molar-refractivity contribution in [3.63, 3.8) is 0 Å². The van der Waals surface area contributed by atoms with E-state index in [0.29, 0.717) is 6.61 Å². The molecule has 96 valence electrons. The zero-order valence-corrected chi connectivity index (χ0v) is 9.70. The summed E-state index contributed by atoms with van der Waals surface area (Å²) in [5, 5.41) is 18.8. The first-order valence-electron chi connectivity index (χ1n) is 5.60. The molecule has 0 saturated carbocycles. The third-order valence-corrected chi connectivity index (χ3v) is 2.58. The van der Waals surface area contributed by atoms with Gasteiger partial charge in [0.05, 0.1) is 6.61 Å². The van der Waals surface area contributed by atoms with Gasteiger partial charge in [-0.05, 0) is 12.1 Å². The fraction of sp³-hybridized carbons (Fsp3) is 0.500. The fourth-order valence-corrected chi connectivity index (χ4v) is 1.47. The molecule has 0 aliphatic rings. The lowest BCUT2D eigenvalue weighted by Gasteiger charge is -2.21. The average molecular weight is 240 g/mol. The molecule has 0 aromatic heterocycles. The third kappa shape index (κ3) is 5.25. The Labute approximate surface area is 101 Å². The second-order valence-corrected chi connectivity index (χ2v) is 3.97. The van der Waals surface area contributed by atoms with Crippen LogP contribution < -0.4 is 11.5 Å². The lowest BCUT2D eigenvalue weighted by molar-refractivity contribution is -0.125. The molecule has 0 aliphatic carbocycles. The van der Waals surface area contributed by atoms with Crippen LogP contribution in [0.2, 0.25) is 0 Å². The summed E-state index contributed by atoms with van der Waals surface area (Å²) < 4.78 is 5.24. The minimum atomic E-state index is -1.03. The van der Waals surface area contributed by atoms with E-state index in [2.05, 4.69) is 0 Å². The Morgan fingerprint density at radius 1 is 1.18 bits per heavy atom. The summed E-state index contributed by atoms with van der Waals surface area (Å²) in [6.45, 7) is 0.531. The lowest BCUT2D eigenvalue weighted by Crippen LogP contribution is -2.37. The molecule has 0 bridgehead atoms. The number of aliphatic hydroxyl groups is 2. The zero-order chi connectivity index (χ0) is 12.7. The average Bonchev–Trinajstić information content (AvgIpc) is 2.34. The molecule has 0 amide bonds. The standard InChI is InChI=1S/C12H20N2O3/c13-7-10(12(14)16)6-11(15)17-8-9-4-2-1-3-5-9/h1-5,10-12,15-16H,6-8,13-14H2. The highest BCUT2D eigenvalue weighted by Gasteiger charge is 2.18. The molecule has 1 rings (SSSR count). The Balaban J connectivity index is 2.32. The van der Waals surface area contributed by atoms with Crippen LogP contribution in [0.3, 0.4) is 0 Å². The molecule has 0 heterocycles. The largest absolute Gasteiger partial charge is 0.378 e. The topological polar surface area (TPSA) is 102 Å². The van der Waals surface area contributed by atoms with Crippen molar-refractivity contribution >= 4 is 0 Å². The van der Waals surface area contributed by atoms with Gasteiger partial charge in [-0.1, -0.05) is 30.3 Å². The van der Waals surface area contributed by atoms with Gasteiger partial charge < -0.3 is 26.4 Å². The second kappa shape index (κ2) is 7.37. The molecule has 17 heavy (non-hydrogen) atoms. The molecule has 0 spiro atoms. The molecule has 0 saturated heterocycles. The van der Waals surface area contributed by atoms with E-state index in [4.69, 9.17) is 16.2 Å². The van der Waals surface area contributed by atoms with Crippen molar-refractivity contribution in [2.24, 2.45) is 17.4 Å². The number of hydrogen-bond acceptors (Lipinski definition) is 5. The number of ether oxygens (including phenoxy) is 1. The van der Waals surface area contributed by atoms with E-state index in [1.54, 1.807) is 0 Å². The van der Waals surface area contributed by atoms with Gasteiger partial charge >= 0.3 is 0 Å². The number of rotatable bonds is 7. The molecule has 0 fully saturated rings. The van der Waals surface area contributed by atoms with Crippen molar-refractivity contribution in [1.29, 1.82) is 0 Å². The van der Waals surface area contributed by atoms with Crippen LogP contribution in [0.4, 0.5) is 0 Å². The maximum Gasteiger partial charge on any atom is 0.155 e. The van der Waals surface area contributed by atoms with Gasteiger partial charge in [0, 0.05) is 12.3 Å². The molecule has 5 nitrogen and oxygen atoms in total. The number of nitrogens with two attached hydrogens (primary N) is 2. The third-order valence-electron chi connectivity index (χ3n) is 2.58. The summed E-state index contributed by atoms with van der Waals surface area (Å²) in [6, 6.07) is 9.53. The highest BCUT2D eigenvalue weighted by atomic mass is 16.6. The molecule has 5 heteroatoms. The highest BCUT2D eigenvalue weighted by Crippen LogP contribution is 2.11. The predicted molar refractivity (Wildman–Crippen MR) is 64.6 cm³/mol. The Morgan fingerprint density at radius 2 is 1.82 bits per heavy atom. The van der Waals surface area contributed by atoms with Crippen molar-refractivity contribution in [2.45, 2.75) is 25.5 Å². The number of benzene rings is 1. The van der Waals surface area contributed by atoms with Crippen molar-refractivity contribution in [3.8, 4) is 0 Å². The minimum Gasteiger partial charge on any atom is -0.378 e. The molecule has 3 unspecified atom stereocenters. The molecular formula is C12H20N2O3. The zero-order valence-electron chi connectivity index (χ0n) is 9.70. The SMILES string of the molecule is NCC(CC(O)OCc1ccccc1)C(N)O. The van der Waals surface area contributed by atoms with E-state index in [9.17, 15) is 10.2 Å². The van der Waals surface area contributed by atoms with Crippen LogP contribution >= 0.6 is 0 Å². The quantitative estimate of drug-likeness (QED) is 0.493. The summed E-state index contributed by atoms with van der Waals surface area (Å²) in [6.07, 6.45) is -1.78. The van der Waals surface area contributed by atoms with Gasteiger partial charge in [-0.15, -0.1) is 0 Å². The summed E-state index contributed by atoms with van der Waals surface area (Å²) in [5.74, 6) is -0.360. The van der Waals surface area contributed by atoms with Gasteiger partial charge in [0.2, 0.25) is 0 Å². The van der Waals surface area contributed by atoms with E-state index in [-0.39, 0.29) is 18.9 Å². The fourth-order valence-electron chi connectivity index (χ4n) is 1.47. The van der Waals surface area contributed by atoms with E-state index in [1.807, 2.05) is 30.3 Å². The molecular weight excluding hydrogens is 220 g/mol. The van der Waals surface area contributed by atoms with E-state index < -0.39 is 12.5 Å². The summed E-state index contributed by atoms with van der Waals surface area (Å²) >= 11 is 0. The van der Waals surface area contributed by atoms with Crippen LogP contribution in [-0.2, 0) is 11.3 Å². The maximum atomic E-state index is 9.62. The predicted octanol–water partition coefficient (Wildman–Crippen LogP) is -0.236. The Morgan fingerprint density at radius 3 is 2.35 bits per heavy atom. The van der Waals surface area contributed by atoms with Gasteiger partial charge in [-0.25, -0.2) is 0 Å². The summed E-state index contributed by atoms with van der Waals surface area (Å²) in [5.41, 5.74) is 11.7. The van der Waals surface area contributed by atoms with Gasteiger partial charge in [0.15, 0.2) is 6.29 Å². The van der Waals surface area contributed by atoms with Crippen LogP contribution in [0.1, 0.15) is 12.0 Å². The molecule has 0 aliphatic heterocycles. The normalized spacial score (nSPS) is 16.5. The minimum absolute atomic E-state index is 0.212. The first-order valence-corrected chi connectivity index (χ1v) is 5.60. The van der Waals surface area contributed by atoms with E-state index in [1.165, 1.54) is 0 Å². The van der Waals surface area contributed by atoms with Gasteiger partial charge in [-0.3, -0.25) is 0 Å². The van der Waals surface area contributed by atoms with Crippen molar-refractivity contribution in [1.82, 2.24) is 0 Å². The Bertz CT molecular complexity index is 306. The van der Waals surface area contributed by atoms with Crippen LogP contribution in [0, 0.1) is 5.92 Å². The summed E-state index contributed by atoms with van der Waals surface area (Å²) in [4.78, 5) is 0. The van der Waals surface area contributed by atoms with Crippen molar-refractivity contribution in [2.75, 3.05) is 6.54 Å². The lowest BCUT2D eigenvalue weighted by atomic mass is 10.0. The number of aliphatic hydroxyl groups excluding tert-OH is 2. The number of hydrogen-bond donors (Lipinski definition) is 4. The van der Waals surface area contributed by atoms with Crippen LogP contribution in [-0.4, -0.2) is 29.3 Å². The van der Waals surface area contributed by atoms with Crippen molar-refractivity contribution in [3.05, 3.63) is 35.9 Å². The van der Waals surface area contributed by atoms with Gasteiger partial charge in [-0.2, -0.15) is 0 Å². The molecule has 0 radical (unpaired) electrons.